The van der Waals surface area contributed by atoms with Crippen LogP contribution in [0.4, 0.5) is 0 Å². The van der Waals surface area contributed by atoms with E-state index in [4.69, 9.17) is 29.4 Å². The van der Waals surface area contributed by atoms with E-state index >= 15 is 0 Å². The summed E-state index contributed by atoms with van der Waals surface area (Å²) >= 11 is 0. The second-order valence-corrected chi connectivity index (χ2v) is 7.54. The number of pyridine rings is 1. The van der Waals surface area contributed by atoms with Crippen molar-refractivity contribution in [2.45, 2.75) is 19.9 Å². The number of methoxy groups -OCH3 is 2. The summed E-state index contributed by atoms with van der Waals surface area (Å²) in [5, 5.41) is 2.84. The molecule has 0 saturated carbocycles. The lowest BCUT2D eigenvalue weighted by Gasteiger charge is -2.16. The molecule has 0 spiro atoms. The SMILES string of the molecule is CCCOc1ccc(Oc2ncccc2CNC(=O)c2cc(OC)c(OCC(N)=O)c(OC)c2)cc1. The van der Waals surface area contributed by atoms with Crippen LogP contribution in [0.2, 0.25) is 0 Å². The summed E-state index contributed by atoms with van der Waals surface area (Å²) in [7, 11) is 2.82. The first-order chi connectivity index (χ1) is 17.4. The molecule has 0 fully saturated rings. The molecule has 3 N–H and O–H groups in total. The van der Waals surface area contributed by atoms with Crippen LogP contribution in [-0.4, -0.2) is 44.2 Å². The molecule has 190 valence electrons. The molecule has 10 nitrogen and oxygen atoms in total. The van der Waals surface area contributed by atoms with Crippen molar-refractivity contribution in [2.75, 3.05) is 27.4 Å². The molecule has 36 heavy (non-hydrogen) atoms. The van der Waals surface area contributed by atoms with Gasteiger partial charge in [-0.2, -0.15) is 0 Å². The zero-order valence-electron chi connectivity index (χ0n) is 20.4. The summed E-state index contributed by atoms with van der Waals surface area (Å²) in [6.07, 6.45) is 2.54. The Bertz CT molecular complexity index is 1160. The molecule has 10 heteroatoms. The normalized spacial score (nSPS) is 10.3. The van der Waals surface area contributed by atoms with Crippen LogP contribution >= 0.6 is 0 Å². The van der Waals surface area contributed by atoms with E-state index < -0.39 is 5.91 Å². The van der Waals surface area contributed by atoms with E-state index in [9.17, 15) is 9.59 Å². The number of nitrogens with one attached hydrogen (secondary N) is 1. The molecule has 0 aliphatic carbocycles. The van der Waals surface area contributed by atoms with Gasteiger partial charge in [0.2, 0.25) is 11.6 Å². The van der Waals surface area contributed by atoms with Crippen LogP contribution in [0.1, 0.15) is 29.3 Å². The first kappa shape index (κ1) is 26.1. The number of benzene rings is 2. The second kappa shape index (κ2) is 12.8. The molecule has 0 saturated heterocycles. The fourth-order valence-electron chi connectivity index (χ4n) is 3.16. The van der Waals surface area contributed by atoms with Crippen molar-refractivity contribution in [3.8, 4) is 34.6 Å². The number of amides is 2. The molecule has 3 aromatic rings. The van der Waals surface area contributed by atoms with Gasteiger partial charge in [0.1, 0.15) is 11.5 Å². The van der Waals surface area contributed by atoms with E-state index in [1.165, 1.54) is 26.4 Å². The maximum atomic E-state index is 12.9. The minimum Gasteiger partial charge on any atom is -0.494 e. The Morgan fingerprint density at radius 1 is 0.972 bits per heavy atom. The number of ether oxygens (including phenoxy) is 5. The lowest BCUT2D eigenvalue weighted by molar-refractivity contribution is -0.120. The molecule has 0 bridgehead atoms. The molecule has 0 aliphatic rings. The van der Waals surface area contributed by atoms with Gasteiger partial charge in [0.05, 0.1) is 20.8 Å². The fraction of sp³-hybridized carbons (Fsp3) is 0.269. The van der Waals surface area contributed by atoms with Gasteiger partial charge in [-0.1, -0.05) is 13.0 Å². The van der Waals surface area contributed by atoms with Crippen LogP contribution < -0.4 is 34.7 Å². The first-order valence-corrected chi connectivity index (χ1v) is 11.2. The monoisotopic (exact) mass is 495 g/mol. The molecule has 0 radical (unpaired) electrons. The third-order valence-corrected chi connectivity index (χ3v) is 4.88. The largest absolute Gasteiger partial charge is 0.494 e. The van der Waals surface area contributed by atoms with Gasteiger partial charge in [-0.25, -0.2) is 4.98 Å². The summed E-state index contributed by atoms with van der Waals surface area (Å²) < 4.78 is 27.5. The molecule has 0 aliphatic heterocycles. The zero-order chi connectivity index (χ0) is 25.9. The zero-order valence-corrected chi connectivity index (χ0v) is 20.4. The Morgan fingerprint density at radius 2 is 1.64 bits per heavy atom. The predicted octanol–water partition coefficient (Wildman–Crippen LogP) is 3.47. The van der Waals surface area contributed by atoms with Crippen LogP contribution in [-0.2, 0) is 11.3 Å². The molecular formula is C26H29N3O7. The van der Waals surface area contributed by atoms with Gasteiger partial charge in [0.25, 0.3) is 11.8 Å². The number of hydrogen-bond donors (Lipinski definition) is 2. The van der Waals surface area contributed by atoms with Crippen molar-refractivity contribution < 1.29 is 33.3 Å². The number of nitrogens with zero attached hydrogens (tertiary/aromatic N) is 1. The minimum atomic E-state index is -0.656. The Labute approximate surface area is 209 Å². The first-order valence-electron chi connectivity index (χ1n) is 11.2. The molecule has 2 aromatic carbocycles. The lowest BCUT2D eigenvalue weighted by Crippen LogP contribution is -2.23. The van der Waals surface area contributed by atoms with Crippen LogP contribution in [0.25, 0.3) is 0 Å². The average Bonchev–Trinajstić information content (AvgIpc) is 2.90. The topological polar surface area (TPSA) is 131 Å². The molecule has 0 atom stereocenters. The standard InChI is InChI=1S/C26H29N3O7/c1-4-12-34-19-7-9-20(10-8-19)36-26-17(6-5-11-28-26)15-29-25(31)18-13-21(32-2)24(22(14-18)33-3)35-16-23(27)30/h5-11,13-14H,4,12,15-16H2,1-3H3,(H2,27,30)(H,29,31). The predicted molar refractivity (Wildman–Crippen MR) is 132 cm³/mol. The smallest absolute Gasteiger partial charge is 0.255 e. The van der Waals surface area contributed by atoms with E-state index in [2.05, 4.69) is 10.3 Å². The van der Waals surface area contributed by atoms with Crippen LogP contribution in [0.15, 0.2) is 54.7 Å². The molecule has 3 rings (SSSR count). The van der Waals surface area contributed by atoms with Crippen molar-refractivity contribution in [3.63, 3.8) is 0 Å². The number of carbonyl (C=O) groups is 2. The van der Waals surface area contributed by atoms with Crippen LogP contribution in [0.3, 0.4) is 0 Å². The van der Waals surface area contributed by atoms with Crippen molar-refractivity contribution in [2.24, 2.45) is 5.73 Å². The molecule has 2 amide bonds. The molecular weight excluding hydrogens is 466 g/mol. The third kappa shape index (κ3) is 7.02. The van der Waals surface area contributed by atoms with E-state index in [1.807, 2.05) is 25.1 Å². The minimum absolute atomic E-state index is 0.157. The number of carbonyl (C=O) groups excluding carboxylic acids is 2. The van der Waals surface area contributed by atoms with Gasteiger partial charge in [-0.05, 0) is 48.9 Å². The van der Waals surface area contributed by atoms with Gasteiger partial charge >= 0.3 is 0 Å². The summed E-state index contributed by atoms with van der Waals surface area (Å²) in [6, 6.07) is 13.8. The van der Waals surface area contributed by atoms with E-state index in [-0.39, 0.29) is 41.9 Å². The Balaban J connectivity index is 1.71. The summed E-state index contributed by atoms with van der Waals surface area (Å²) in [6.45, 7) is 2.48. The number of aromatic nitrogens is 1. The number of nitrogens with two attached hydrogens (primary N) is 1. The maximum absolute atomic E-state index is 12.9. The highest BCUT2D eigenvalue weighted by molar-refractivity contribution is 5.95. The van der Waals surface area contributed by atoms with Gasteiger partial charge in [-0.3, -0.25) is 9.59 Å². The van der Waals surface area contributed by atoms with E-state index in [0.29, 0.717) is 23.8 Å². The summed E-state index contributed by atoms with van der Waals surface area (Å²) in [4.78, 5) is 28.3. The van der Waals surface area contributed by atoms with E-state index in [1.54, 1.807) is 24.4 Å². The highest BCUT2D eigenvalue weighted by atomic mass is 16.5. The number of rotatable bonds is 13. The molecule has 1 aromatic heterocycles. The number of primary amides is 1. The van der Waals surface area contributed by atoms with Gasteiger partial charge < -0.3 is 34.7 Å². The Hall–Kier alpha value is -4.47. The van der Waals surface area contributed by atoms with Crippen LogP contribution in [0.5, 0.6) is 34.6 Å². The second-order valence-electron chi connectivity index (χ2n) is 7.54. The van der Waals surface area contributed by atoms with Crippen molar-refractivity contribution >= 4 is 11.8 Å². The quantitative estimate of drug-likeness (QED) is 0.369. The highest BCUT2D eigenvalue weighted by Gasteiger charge is 2.19. The number of hydrogen-bond acceptors (Lipinski definition) is 8. The third-order valence-electron chi connectivity index (χ3n) is 4.88. The molecule has 0 unspecified atom stereocenters. The van der Waals surface area contributed by atoms with E-state index in [0.717, 1.165) is 12.2 Å². The summed E-state index contributed by atoms with van der Waals surface area (Å²) in [5.41, 5.74) is 6.10. The average molecular weight is 496 g/mol. The maximum Gasteiger partial charge on any atom is 0.255 e. The molecule has 1 heterocycles. The lowest BCUT2D eigenvalue weighted by atomic mass is 10.1. The van der Waals surface area contributed by atoms with Gasteiger partial charge in [0, 0.05) is 23.9 Å². The van der Waals surface area contributed by atoms with Crippen molar-refractivity contribution in [3.05, 3.63) is 65.9 Å². The fourth-order valence-corrected chi connectivity index (χ4v) is 3.16. The Kier molecular flexibility index (Phi) is 9.33. The Morgan fingerprint density at radius 3 is 2.25 bits per heavy atom. The van der Waals surface area contributed by atoms with Crippen LogP contribution in [0, 0.1) is 0 Å². The highest BCUT2D eigenvalue weighted by Crippen LogP contribution is 2.38. The van der Waals surface area contributed by atoms with Crippen molar-refractivity contribution in [1.82, 2.24) is 10.3 Å². The van der Waals surface area contributed by atoms with Crippen molar-refractivity contribution in [1.29, 1.82) is 0 Å². The van der Waals surface area contributed by atoms with Gasteiger partial charge in [0.15, 0.2) is 18.1 Å². The summed E-state index contributed by atoms with van der Waals surface area (Å²) in [5.74, 6) is 1.28. The van der Waals surface area contributed by atoms with Gasteiger partial charge in [-0.15, -0.1) is 0 Å².